The normalized spacial score (nSPS) is 14.9. The highest BCUT2D eigenvalue weighted by Crippen LogP contribution is 2.39. The maximum Gasteiger partial charge on any atom is 0.433 e. The zero-order valence-corrected chi connectivity index (χ0v) is 19.6. The number of allylic oxidation sites excluding steroid dienone is 1. The van der Waals surface area contributed by atoms with Gasteiger partial charge >= 0.3 is 12.1 Å². The Hall–Kier alpha value is -3.82. The van der Waals surface area contributed by atoms with E-state index in [-0.39, 0.29) is 35.1 Å². The lowest BCUT2D eigenvalue weighted by molar-refractivity contribution is -0.240. The summed E-state index contributed by atoms with van der Waals surface area (Å²) in [5, 5.41) is 19.6. The third-order valence-electron chi connectivity index (χ3n) is 5.65. The standard InChI is InChI=1S/C26H23F3N2O4/c1-16-14-19-21(20(16)23(33)35-24(2,3)12-13-30)17(15-31(4)22(19)32)10-11-25(34,26(27,28)29)18-8-6-5-7-9-18/h5-9,15,34H,12,14H2,1-4H3. The second kappa shape index (κ2) is 9.09. The van der Waals surface area contributed by atoms with Crippen molar-refractivity contribution in [1.29, 1.82) is 5.26 Å². The summed E-state index contributed by atoms with van der Waals surface area (Å²) in [4.78, 5) is 25.8. The van der Waals surface area contributed by atoms with Gasteiger partial charge in [0.15, 0.2) is 0 Å². The van der Waals surface area contributed by atoms with Crippen LogP contribution in [0, 0.1) is 23.2 Å². The van der Waals surface area contributed by atoms with Crippen LogP contribution < -0.4 is 5.56 Å². The Kier molecular flexibility index (Phi) is 6.70. The Balaban J connectivity index is 2.20. The first-order valence-corrected chi connectivity index (χ1v) is 10.6. The van der Waals surface area contributed by atoms with Crippen molar-refractivity contribution in [2.24, 2.45) is 7.05 Å². The van der Waals surface area contributed by atoms with E-state index < -0.39 is 34.5 Å². The van der Waals surface area contributed by atoms with Crippen LogP contribution in [0.1, 0.15) is 49.4 Å². The number of aromatic nitrogens is 1. The van der Waals surface area contributed by atoms with Gasteiger partial charge in [0, 0.05) is 41.9 Å². The van der Waals surface area contributed by atoms with Gasteiger partial charge in [0.2, 0.25) is 5.60 Å². The van der Waals surface area contributed by atoms with Crippen LogP contribution in [0.3, 0.4) is 0 Å². The largest absolute Gasteiger partial charge is 0.455 e. The summed E-state index contributed by atoms with van der Waals surface area (Å²) in [6.45, 7) is 4.71. The Bertz CT molecular complexity index is 1370. The minimum atomic E-state index is -5.12. The van der Waals surface area contributed by atoms with Crippen LogP contribution in [0.5, 0.6) is 0 Å². The molecule has 2 aromatic rings. The number of halogens is 3. The van der Waals surface area contributed by atoms with Crippen molar-refractivity contribution in [3.63, 3.8) is 0 Å². The molecular weight excluding hydrogens is 461 g/mol. The molecule has 1 aromatic carbocycles. The van der Waals surface area contributed by atoms with Gasteiger partial charge in [0.1, 0.15) is 5.60 Å². The van der Waals surface area contributed by atoms with Gasteiger partial charge in [-0.15, -0.1) is 0 Å². The van der Waals surface area contributed by atoms with Gasteiger partial charge in [-0.3, -0.25) is 4.79 Å². The molecule has 3 rings (SSSR count). The van der Waals surface area contributed by atoms with E-state index in [9.17, 15) is 27.9 Å². The number of pyridine rings is 1. The van der Waals surface area contributed by atoms with Crippen LogP contribution in [-0.4, -0.2) is 27.4 Å². The van der Waals surface area contributed by atoms with Crippen LogP contribution in [0.4, 0.5) is 13.2 Å². The zero-order chi connectivity index (χ0) is 26.2. The van der Waals surface area contributed by atoms with Crippen molar-refractivity contribution in [2.75, 3.05) is 0 Å². The van der Waals surface area contributed by atoms with E-state index in [1.165, 1.54) is 36.0 Å². The maximum atomic E-state index is 13.9. The molecule has 0 fully saturated rings. The molecule has 1 N–H and O–H groups in total. The van der Waals surface area contributed by atoms with Gasteiger partial charge in [0.25, 0.3) is 5.56 Å². The molecule has 0 radical (unpaired) electrons. The lowest BCUT2D eigenvalue weighted by Crippen LogP contribution is -2.41. The molecule has 35 heavy (non-hydrogen) atoms. The average molecular weight is 484 g/mol. The summed E-state index contributed by atoms with van der Waals surface area (Å²) < 4.78 is 48.4. The number of rotatable bonds is 4. The molecule has 0 bridgehead atoms. The summed E-state index contributed by atoms with van der Waals surface area (Å²) in [6.07, 6.45) is -3.90. The zero-order valence-electron chi connectivity index (χ0n) is 19.6. The fraction of sp³-hybridized carbons (Fsp3) is 0.346. The smallest absolute Gasteiger partial charge is 0.433 e. The maximum absolute atomic E-state index is 13.9. The van der Waals surface area contributed by atoms with Gasteiger partial charge in [-0.1, -0.05) is 41.8 Å². The molecule has 0 amide bonds. The number of benzene rings is 1. The number of esters is 1. The third-order valence-corrected chi connectivity index (χ3v) is 5.65. The second-order valence-electron chi connectivity index (χ2n) is 8.95. The summed E-state index contributed by atoms with van der Waals surface area (Å²) in [5.74, 6) is 3.50. The van der Waals surface area contributed by atoms with Crippen LogP contribution in [0.15, 0.2) is 46.9 Å². The molecule has 0 spiro atoms. The molecule has 182 valence electrons. The second-order valence-corrected chi connectivity index (χ2v) is 8.95. The highest BCUT2D eigenvalue weighted by Gasteiger charge is 2.54. The summed E-state index contributed by atoms with van der Waals surface area (Å²) in [5.41, 5.74) is -4.78. The first kappa shape index (κ1) is 25.8. The Morgan fingerprint density at radius 1 is 1.23 bits per heavy atom. The predicted molar refractivity (Wildman–Crippen MR) is 122 cm³/mol. The molecular formula is C26H23F3N2O4. The van der Waals surface area contributed by atoms with Crippen LogP contribution in [0.2, 0.25) is 0 Å². The lowest BCUT2D eigenvalue weighted by atomic mass is 9.92. The highest BCUT2D eigenvalue weighted by molar-refractivity contribution is 6.20. The Morgan fingerprint density at radius 3 is 2.43 bits per heavy atom. The average Bonchev–Trinajstić information content (AvgIpc) is 3.12. The monoisotopic (exact) mass is 484 g/mol. The minimum Gasteiger partial charge on any atom is -0.455 e. The summed E-state index contributed by atoms with van der Waals surface area (Å²) >= 11 is 0. The van der Waals surface area contributed by atoms with E-state index >= 15 is 0 Å². The Morgan fingerprint density at radius 2 is 1.86 bits per heavy atom. The van der Waals surface area contributed by atoms with Crippen molar-refractivity contribution < 1.29 is 27.8 Å². The molecule has 1 atom stereocenters. The number of nitrogens with zero attached hydrogens (tertiary/aromatic N) is 2. The molecule has 6 nitrogen and oxygen atoms in total. The molecule has 0 saturated heterocycles. The fourth-order valence-corrected chi connectivity index (χ4v) is 3.86. The molecule has 1 aromatic heterocycles. The molecule has 1 unspecified atom stereocenters. The number of aliphatic hydroxyl groups is 1. The van der Waals surface area contributed by atoms with Gasteiger partial charge in [-0.2, -0.15) is 18.4 Å². The highest BCUT2D eigenvalue weighted by atomic mass is 19.4. The van der Waals surface area contributed by atoms with E-state index in [0.29, 0.717) is 5.57 Å². The molecule has 0 aliphatic heterocycles. The van der Waals surface area contributed by atoms with Crippen molar-refractivity contribution in [2.45, 2.75) is 51.0 Å². The van der Waals surface area contributed by atoms with E-state index in [0.717, 1.165) is 12.1 Å². The predicted octanol–water partition coefficient (Wildman–Crippen LogP) is 3.75. The quantitative estimate of drug-likeness (QED) is 0.527. The number of ether oxygens (including phenoxy) is 1. The van der Waals surface area contributed by atoms with Crippen LogP contribution >= 0.6 is 0 Å². The van der Waals surface area contributed by atoms with Gasteiger partial charge in [-0.25, -0.2) is 4.79 Å². The van der Waals surface area contributed by atoms with Gasteiger partial charge in [-0.05, 0) is 26.7 Å². The summed E-state index contributed by atoms with van der Waals surface area (Å²) in [6, 6.07) is 8.35. The Labute approximate surface area is 200 Å². The number of carbonyl (C=O) groups is 1. The molecule has 9 heteroatoms. The molecule has 0 saturated carbocycles. The van der Waals surface area contributed by atoms with E-state index in [4.69, 9.17) is 10.00 Å². The van der Waals surface area contributed by atoms with Crippen molar-refractivity contribution in [3.05, 3.63) is 74.7 Å². The molecule has 1 aliphatic rings. The van der Waals surface area contributed by atoms with Gasteiger partial charge < -0.3 is 14.4 Å². The van der Waals surface area contributed by atoms with Crippen LogP contribution in [-0.2, 0) is 28.6 Å². The van der Waals surface area contributed by atoms with E-state index in [2.05, 4.69) is 5.92 Å². The minimum absolute atomic E-state index is 0.0169. The van der Waals surface area contributed by atoms with Crippen molar-refractivity contribution in [3.8, 4) is 17.9 Å². The fourth-order valence-electron chi connectivity index (χ4n) is 3.86. The number of nitriles is 1. The SMILES string of the molecule is CC1=C(C(=O)OC(C)(C)CC#N)c2c(C#CC(O)(c3ccccc3)C(F)(F)F)cn(C)c(=O)c2C1. The van der Waals surface area contributed by atoms with Crippen molar-refractivity contribution >= 4 is 11.5 Å². The number of alkyl halides is 3. The summed E-state index contributed by atoms with van der Waals surface area (Å²) in [7, 11) is 1.42. The van der Waals surface area contributed by atoms with Gasteiger partial charge in [0.05, 0.1) is 18.1 Å². The topological polar surface area (TPSA) is 92.3 Å². The van der Waals surface area contributed by atoms with E-state index in [1.807, 2.05) is 12.0 Å². The number of aryl methyl sites for hydroxylation is 1. The van der Waals surface area contributed by atoms with Crippen molar-refractivity contribution in [1.82, 2.24) is 4.57 Å². The number of hydrogen-bond acceptors (Lipinski definition) is 5. The first-order valence-electron chi connectivity index (χ1n) is 10.6. The number of hydrogen-bond donors (Lipinski definition) is 1. The number of fused-ring (bicyclic) bond motifs is 1. The van der Waals surface area contributed by atoms with E-state index in [1.54, 1.807) is 20.8 Å². The first-order chi connectivity index (χ1) is 16.2. The number of carbonyl (C=O) groups excluding carboxylic acids is 1. The molecule has 1 heterocycles. The third kappa shape index (κ3) is 4.87. The van der Waals surface area contributed by atoms with Crippen LogP contribution in [0.25, 0.3) is 5.57 Å². The lowest BCUT2D eigenvalue weighted by Gasteiger charge is -2.25. The molecule has 1 aliphatic carbocycles.